The van der Waals surface area contributed by atoms with Gasteiger partial charge >= 0.3 is 0 Å². The molecule has 1 amide bonds. The molecule has 34 heavy (non-hydrogen) atoms. The maximum absolute atomic E-state index is 14.0. The number of oxazole rings is 1. The Balaban J connectivity index is 1.21. The number of halogens is 1. The molecule has 4 heterocycles. The van der Waals surface area contributed by atoms with Crippen molar-refractivity contribution < 1.29 is 18.0 Å². The summed E-state index contributed by atoms with van der Waals surface area (Å²) < 4.78 is 25.1. The molecule has 0 unspecified atom stereocenters. The summed E-state index contributed by atoms with van der Waals surface area (Å²) >= 11 is 1.43. The van der Waals surface area contributed by atoms with E-state index in [2.05, 4.69) is 11.1 Å². The summed E-state index contributed by atoms with van der Waals surface area (Å²) in [5.74, 6) is 0.721. The molecule has 1 aromatic carbocycles. The number of anilines is 1. The standard InChI is InChI=1S/C25H19FN4O3S/c26-19-5-2-1-4-18(19)22-9-7-17(34-22)8-10-23(31)29-11-13-30(14-12-29)25-20(16-27)28-24(33-25)21-6-3-15-32-21/h1-10,15H,11-14H2/b10-8+. The number of furan rings is 1. The summed E-state index contributed by atoms with van der Waals surface area (Å²) in [6, 6.07) is 15.9. The molecule has 0 bridgehead atoms. The Hall–Kier alpha value is -4.16. The lowest BCUT2D eigenvalue weighted by Crippen LogP contribution is -2.48. The topological polar surface area (TPSA) is 86.5 Å². The van der Waals surface area contributed by atoms with Gasteiger partial charge in [0, 0.05) is 47.6 Å². The summed E-state index contributed by atoms with van der Waals surface area (Å²) in [4.78, 5) is 22.2. The lowest BCUT2D eigenvalue weighted by molar-refractivity contribution is -0.126. The first-order chi connectivity index (χ1) is 16.6. The Morgan fingerprint density at radius 2 is 1.94 bits per heavy atom. The van der Waals surface area contributed by atoms with Gasteiger partial charge in [-0.05, 0) is 36.4 Å². The monoisotopic (exact) mass is 474 g/mol. The molecule has 7 nitrogen and oxygen atoms in total. The van der Waals surface area contributed by atoms with Gasteiger partial charge in [0.2, 0.25) is 17.5 Å². The first-order valence-electron chi connectivity index (χ1n) is 10.6. The number of benzene rings is 1. The van der Waals surface area contributed by atoms with Crippen LogP contribution in [-0.4, -0.2) is 42.0 Å². The second-order valence-electron chi connectivity index (χ2n) is 7.59. The van der Waals surface area contributed by atoms with Crippen molar-refractivity contribution in [2.75, 3.05) is 31.1 Å². The number of nitrogens with zero attached hydrogens (tertiary/aromatic N) is 4. The highest BCUT2D eigenvalue weighted by atomic mass is 32.1. The lowest BCUT2D eigenvalue weighted by Gasteiger charge is -2.33. The Morgan fingerprint density at radius 3 is 2.68 bits per heavy atom. The normalized spacial score (nSPS) is 14.0. The summed E-state index contributed by atoms with van der Waals surface area (Å²) in [5, 5.41) is 9.44. The number of hydrogen-bond acceptors (Lipinski definition) is 7. The van der Waals surface area contributed by atoms with Crippen LogP contribution in [0.4, 0.5) is 10.3 Å². The third kappa shape index (κ3) is 4.36. The van der Waals surface area contributed by atoms with Gasteiger partial charge in [-0.1, -0.05) is 18.2 Å². The van der Waals surface area contributed by atoms with Gasteiger partial charge in [0.15, 0.2) is 5.76 Å². The Morgan fingerprint density at radius 1 is 1.12 bits per heavy atom. The lowest BCUT2D eigenvalue weighted by atomic mass is 10.2. The molecule has 1 fully saturated rings. The molecule has 170 valence electrons. The minimum absolute atomic E-state index is 0.102. The van der Waals surface area contributed by atoms with Gasteiger partial charge in [-0.15, -0.1) is 11.3 Å². The minimum Gasteiger partial charge on any atom is -0.459 e. The van der Waals surface area contributed by atoms with Crippen LogP contribution in [0.1, 0.15) is 10.6 Å². The van der Waals surface area contributed by atoms with E-state index in [0.29, 0.717) is 43.4 Å². The van der Waals surface area contributed by atoms with E-state index in [4.69, 9.17) is 8.83 Å². The van der Waals surface area contributed by atoms with Crippen molar-refractivity contribution >= 4 is 29.2 Å². The van der Waals surface area contributed by atoms with Gasteiger partial charge in [0.25, 0.3) is 5.89 Å². The van der Waals surface area contributed by atoms with Crippen molar-refractivity contribution in [2.45, 2.75) is 0 Å². The van der Waals surface area contributed by atoms with Gasteiger partial charge in [0.1, 0.15) is 11.9 Å². The number of nitriles is 1. The molecule has 1 saturated heterocycles. The van der Waals surface area contributed by atoms with E-state index < -0.39 is 0 Å². The van der Waals surface area contributed by atoms with Crippen LogP contribution < -0.4 is 4.90 Å². The molecule has 0 spiro atoms. The molecule has 0 aliphatic carbocycles. The average Bonchev–Trinajstić information content (AvgIpc) is 3.63. The largest absolute Gasteiger partial charge is 0.459 e. The Bertz CT molecular complexity index is 1380. The number of carbonyl (C=O) groups is 1. The second-order valence-corrected chi connectivity index (χ2v) is 8.70. The first-order valence-corrected chi connectivity index (χ1v) is 11.5. The summed E-state index contributed by atoms with van der Waals surface area (Å²) in [7, 11) is 0. The van der Waals surface area contributed by atoms with E-state index in [9.17, 15) is 14.4 Å². The van der Waals surface area contributed by atoms with Crippen LogP contribution in [0.25, 0.3) is 28.2 Å². The summed E-state index contributed by atoms with van der Waals surface area (Å²) in [6.07, 6.45) is 4.81. The zero-order valence-corrected chi connectivity index (χ0v) is 18.8. The van der Waals surface area contributed by atoms with Crippen molar-refractivity contribution in [3.05, 3.63) is 77.3 Å². The minimum atomic E-state index is -0.267. The van der Waals surface area contributed by atoms with Crippen LogP contribution in [0.15, 0.2) is 69.7 Å². The number of amides is 1. The van der Waals surface area contributed by atoms with Crippen LogP contribution in [-0.2, 0) is 4.79 Å². The van der Waals surface area contributed by atoms with Crippen molar-refractivity contribution in [3.63, 3.8) is 0 Å². The molecule has 3 aromatic heterocycles. The number of aromatic nitrogens is 1. The fourth-order valence-electron chi connectivity index (χ4n) is 3.74. The summed E-state index contributed by atoms with van der Waals surface area (Å²) in [6.45, 7) is 1.99. The van der Waals surface area contributed by atoms with E-state index in [0.717, 1.165) is 9.75 Å². The number of rotatable bonds is 5. The predicted molar refractivity (Wildman–Crippen MR) is 126 cm³/mol. The van der Waals surface area contributed by atoms with Gasteiger partial charge in [-0.2, -0.15) is 10.2 Å². The van der Waals surface area contributed by atoms with Crippen molar-refractivity contribution in [3.8, 4) is 28.2 Å². The molecule has 1 aliphatic rings. The highest BCUT2D eigenvalue weighted by Gasteiger charge is 2.26. The molecule has 0 radical (unpaired) electrons. The Labute approximate surface area is 199 Å². The smallest absolute Gasteiger partial charge is 0.266 e. The third-order valence-electron chi connectivity index (χ3n) is 5.48. The molecule has 1 aliphatic heterocycles. The number of carbonyl (C=O) groups excluding carboxylic acids is 1. The Kier molecular flexibility index (Phi) is 5.97. The van der Waals surface area contributed by atoms with Crippen molar-refractivity contribution in [1.29, 1.82) is 5.26 Å². The van der Waals surface area contributed by atoms with Crippen LogP contribution >= 0.6 is 11.3 Å². The first kappa shape index (κ1) is 21.7. The summed E-state index contributed by atoms with van der Waals surface area (Å²) in [5.41, 5.74) is 0.739. The van der Waals surface area contributed by atoms with Crippen LogP contribution in [0, 0.1) is 17.1 Å². The highest BCUT2D eigenvalue weighted by molar-refractivity contribution is 7.16. The number of hydrogen-bond donors (Lipinski definition) is 0. The maximum Gasteiger partial charge on any atom is 0.266 e. The van der Waals surface area contributed by atoms with E-state index >= 15 is 0 Å². The van der Waals surface area contributed by atoms with E-state index in [1.54, 1.807) is 41.3 Å². The van der Waals surface area contributed by atoms with Crippen molar-refractivity contribution in [1.82, 2.24) is 9.88 Å². The van der Waals surface area contributed by atoms with Crippen LogP contribution in [0.5, 0.6) is 0 Å². The average molecular weight is 475 g/mol. The quantitative estimate of drug-likeness (QED) is 0.377. The van der Waals surface area contributed by atoms with Crippen LogP contribution in [0.2, 0.25) is 0 Å². The predicted octanol–water partition coefficient (Wildman–Crippen LogP) is 5.04. The van der Waals surface area contributed by atoms with Gasteiger partial charge in [0.05, 0.1) is 6.26 Å². The molecule has 9 heteroatoms. The van der Waals surface area contributed by atoms with E-state index in [1.807, 2.05) is 17.0 Å². The third-order valence-corrected chi connectivity index (χ3v) is 6.57. The van der Waals surface area contributed by atoms with Crippen molar-refractivity contribution in [2.24, 2.45) is 0 Å². The van der Waals surface area contributed by atoms with E-state index in [1.165, 1.54) is 29.7 Å². The van der Waals surface area contributed by atoms with E-state index in [-0.39, 0.29) is 23.3 Å². The molecule has 0 atom stereocenters. The second kappa shape index (κ2) is 9.37. The number of piperazine rings is 1. The molecular weight excluding hydrogens is 455 g/mol. The molecular formula is C25H19FN4O3S. The highest BCUT2D eigenvalue weighted by Crippen LogP contribution is 2.31. The van der Waals surface area contributed by atoms with Gasteiger partial charge < -0.3 is 18.6 Å². The van der Waals surface area contributed by atoms with Gasteiger partial charge in [-0.3, -0.25) is 4.79 Å². The SMILES string of the molecule is N#Cc1nc(-c2ccco2)oc1N1CCN(C(=O)/C=C/c2ccc(-c3ccccc3F)s2)CC1. The fraction of sp³-hybridized carbons (Fsp3) is 0.160. The molecule has 4 aromatic rings. The zero-order chi connectivity index (χ0) is 23.5. The molecule has 0 N–H and O–H groups in total. The van der Waals surface area contributed by atoms with Gasteiger partial charge in [-0.25, -0.2) is 4.39 Å². The fourth-order valence-corrected chi connectivity index (χ4v) is 4.68. The molecule has 5 rings (SSSR count). The van der Waals surface area contributed by atoms with Crippen LogP contribution in [0.3, 0.4) is 0 Å². The maximum atomic E-state index is 14.0. The number of thiophene rings is 1. The molecule has 0 saturated carbocycles. The zero-order valence-electron chi connectivity index (χ0n) is 18.0.